The Labute approximate surface area is 141 Å². The van der Waals surface area contributed by atoms with Gasteiger partial charge in [0.1, 0.15) is 11.1 Å². The third kappa shape index (κ3) is 2.51. The standard InChI is InChI=1S/C18H10N2O3S/c19-9-12(7-11-5-6-14-15(8-11)23-10-22-14)18-20-17(21)13-3-1-2-4-16(13)24-18/h1-8H,10H2/b12-7+. The summed E-state index contributed by atoms with van der Waals surface area (Å²) >= 11 is 1.32. The fourth-order valence-electron chi connectivity index (χ4n) is 2.44. The Balaban J connectivity index is 1.81. The Morgan fingerprint density at radius 3 is 2.92 bits per heavy atom. The van der Waals surface area contributed by atoms with Crippen LogP contribution in [-0.4, -0.2) is 11.8 Å². The van der Waals surface area contributed by atoms with Crippen LogP contribution >= 0.6 is 11.3 Å². The first kappa shape index (κ1) is 14.4. The van der Waals surface area contributed by atoms with Crippen LogP contribution < -0.4 is 15.0 Å². The third-order valence-corrected chi connectivity index (χ3v) is 4.67. The minimum Gasteiger partial charge on any atom is -0.454 e. The second-order valence-electron chi connectivity index (χ2n) is 5.10. The molecule has 0 bridgehead atoms. The second kappa shape index (κ2) is 5.80. The number of benzene rings is 2. The number of ether oxygens (including phenoxy) is 2. The highest BCUT2D eigenvalue weighted by Gasteiger charge is 2.14. The maximum absolute atomic E-state index is 12.1. The predicted octanol–water partition coefficient (Wildman–Crippen LogP) is 3.45. The molecule has 5 nitrogen and oxygen atoms in total. The molecule has 2 heterocycles. The zero-order chi connectivity index (χ0) is 16.5. The Bertz CT molecular complexity index is 1080. The van der Waals surface area contributed by atoms with Gasteiger partial charge in [-0.1, -0.05) is 18.2 Å². The van der Waals surface area contributed by atoms with E-state index in [1.54, 1.807) is 30.3 Å². The monoisotopic (exact) mass is 334 g/mol. The minimum absolute atomic E-state index is 0.196. The van der Waals surface area contributed by atoms with Gasteiger partial charge in [-0.25, -0.2) is 0 Å². The molecule has 6 heteroatoms. The topological polar surface area (TPSA) is 72.2 Å². The molecule has 0 atom stereocenters. The molecule has 4 rings (SSSR count). The van der Waals surface area contributed by atoms with Gasteiger partial charge >= 0.3 is 0 Å². The molecule has 3 aromatic rings. The number of nitrogens with zero attached hydrogens (tertiary/aromatic N) is 2. The van der Waals surface area contributed by atoms with E-state index in [1.807, 2.05) is 18.2 Å². The van der Waals surface area contributed by atoms with Crippen LogP contribution in [-0.2, 0) is 0 Å². The Morgan fingerprint density at radius 1 is 1.21 bits per heavy atom. The third-order valence-electron chi connectivity index (χ3n) is 3.59. The highest BCUT2D eigenvalue weighted by atomic mass is 32.1. The molecule has 1 aromatic heterocycles. The summed E-state index contributed by atoms with van der Waals surface area (Å²) in [5, 5.41) is 10.5. The van der Waals surface area contributed by atoms with E-state index < -0.39 is 0 Å². The van der Waals surface area contributed by atoms with E-state index in [2.05, 4.69) is 11.1 Å². The largest absolute Gasteiger partial charge is 0.454 e. The highest BCUT2D eigenvalue weighted by Crippen LogP contribution is 2.33. The van der Waals surface area contributed by atoms with E-state index in [0.29, 0.717) is 27.5 Å². The van der Waals surface area contributed by atoms with Crippen LogP contribution in [0.4, 0.5) is 0 Å². The number of aromatic nitrogens is 1. The number of fused-ring (bicyclic) bond motifs is 2. The summed E-state index contributed by atoms with van der Waals surface area (Å²) in [7, 11) is 0. The van der Waals surface area contributed by atoms with Crippen LogP contribution in [0.25, 0.3) is 21.7 Å². The molecule has 0 unspecified atom stereocenters. The van der Waals surface area contributed by atoms with Crippen molar-refractivity contribution in [2.24, 2.45) is 0 Å². The molecule has 24 heavy (non-hydrogen) atoms. The van der Waals surface area contributed by atoms with Crippen LogP contribution in [0.2, 0.25) is 0 Å². The lowest BCUT2D eigenvalue weighted by Gasteiger charge is -2.01. The average Bonchev–Trinajstić information content (AvgIpc) is 3.07. The van der Waals surface area contributed by atoms with Crippen molar-refractivity contribution in [3.8, 4) is 17.6 Å². The minimum atomic E-state index is -0.328. The van der Waals surface area contributed by atoms with Gasteiger partial charge < -0.3 is 9.47 Å². The number of nitriles is 1. The second-order valence-corrected chi connectivity index (χ2v) is 6.13. The summed E-state index contributed by atoms with van der Waals surface area (Å²) < 4.78 is 11.4. The van der Waals surface area contributed by atoms with Crippen molar-refractivity contribution < 1.29 is 9.47 Å². The van der Waals surface area contributed by atoms with Gasteiger partial charge in [-0.2, -0.15) is 10.2 Å². The molecule has 1 aliphatic rings. The van der Waals surface area contributed by atoms with Crippen molar-refractivity contribution >= 4 is 33.1 Å². The number of rotatable bonds is 2. The van der Waals surface area contributed by atoms with Crippen LogP contribution in [0.3, 0.4) is 0 Å². The maximum Gasteiger partial charge on any atom is 0.279 e. The quantitative estimate of drug-likeness (QED) is 0.671. The Kier molecular flexibility index (Phi) is 3.48. The highest BCUT2D eigenvalue weighted by molar-refractivity contribution is 7.19. The van der Waals surface area contributed by atoms with Crippen LogP contribution in [0, 0.1) is 11.3 Å². The Morgan fingerprint density at radius 2 is 2.04 bits per heavy atom. The predicted molar refractivity (Wildman–Crippen MR) is 91.9 cm³/mol. The fourth-order valence-corrected chi connectivity index (χ4v) is 3.40. The Hall–Kier alpha value is -3.17. The normalized spacial score (nSPS) is 13.0. The summed E-state index contributed by atoms with van der Waals surface area (Å²) in [6.45, 7) is 0.196. The van der Waals surface area contributed by atoms with Crippen molar-refractivity contribution in [1.82, 2.24) is 4.98 Å². The van der Waals surface area contributed by atoms with E-state index >= 15 is 0 Å². The molecule has 0 N–H and O–H groups in total. The number of allylic oxidation sites excluding steroid dienone is 1. The lowest BCUT2D eigenvalue weighted by atomic mass is 10.1. The van der Waals surface area contributed by atoms with E-state index in [4.69, 9.17) is 9.47 Å². The molecule has 0 saturated carbocycles. The van der Waals surface area contributed by atoms with Gasteiger partial charge in [-0.15, -0.1) is 11.3 Å². The molecule has 0 saturated heterocycles. The summed E-state index contributed by atoms with van der Waals surface area (Å²) in [6, 6.07) is 14.8. The lowest BCUT2D eigenvalue weighted by Crippen LogP contribution is -2.07. The lowest BCUT2D eigenvalue weighted by molar-refractivity contribution is 0.174. The number of hydrogen-bond acceptors (Lipinski definition) is 6. The molecule has 0 spiro atoms. The van der Waals surface area contributed by atoms with E-state index in [1.165, 1.54) is 11.3 Å². The van der Waals surface area contributed by atoms with Gasteiger partial charge in [0.05, 0.1) is 11.0 Å². The van der Waals surface area contributed by atoms with Gasteiger partial charge in [0.15, 0.2) is 11.5 Å². The van der Waals surface area contributed by atoms with E-state index in [9.17, 15) is 10.1 Å². The first-order chi connectivity index (χ1) is 11.7. The van der Waals surface area contributed by atoms with E-state index in [0.717, 1.165) is 10.3 Å². The molecule has 0 radical (unpaired) electrons. The molecular weight excluding hydrogens is 324 g/mol. The summed E-state index contributed by atoms with van der Waals surface area (Å²) in [6.07, 6.45) is 1.69. The first-order valence-corrected chi connectivity index (χ1v) is 7.98. The van der Waals surface area contributed by atoms with Gasteiger partial charge in [0.25, 0.3) is 5.56 Å². The molecule has 0 amide bonds. The molecule has 0 fully saturated rings. The van der Waals surface area contributed by atoms with Crippen molar-refractivity contribution in [2.45, 2.75) is 0 Å². The number of hydrogen-bond donors (Lipinski definition) is 0. The average molecular weight is 334 g/mol. The van der Waals surface area contributed by atoms with Gasteiger partial charge in [-0.05, 0) is 35.9 Å². The van der Waals surface area contributed by atoms with Gasteiger partial charge in [0, 0.05) is 4.70 Å². The van der Waals surface area contributed by atoms with Gasteiger partial charge in [0.2, 0.25) is 6.79 Å². The molecule has 2 aromatic carbocycles. The maximum atomic E-state index is 12.1. The summed E-state index contributed by atoms with van der Waals surface area (Å²) in [5.74, 6) is 1.32. The van der Waals surface area contributed by atoms with Crippen molar-refractivity contribution in [1.29, 1.82) is 5.26 Å². The van der Waals surface area contributed by atoms with Gasteiger partial charge in [-0.3, -0.25) is 4.79 Å². The molecular formula is C18H10N2O3S. The van der Waals surface area contributed by atoms with Crippen molar-refractivity contribution in [2.75, 3.05) is 6.79 Å². The SMILES string of the molecule is N#C/C(=C\c1ccc2c(c1)OCO2)c1nc(=O)c2ccccc2s1. The zero-order valence-corrected chi connectivity index (χ0v) is 13.2. The van der Waals surface area contributed by atoms with Crippen LogP contribution in [0.15, 0.2) is 47.3 Å². The van der Waals surface area contributed by atoms with Crippen LogP contribution in [0.5, 0.6) is 11.5 Å². The molecule has 116 valence electrons. The summed E-state index contributed by atoms with van der Waals surface area (Å²) in [5.41, 5.74) is 0.790. The molecule has 1 aliphatic heterocycles. The van der Waals surface area contributed by atoms with Crippen molar-refractivity contribution in [3.05, 3.63) is 63.4 Å². The first-order valence-electron chi connectivity index (χ1n) is 7.16. The summed E-state index contributed by atoms with van der Waals surface area (Å²) in [4.78, 5) is 16.2. The van der Waals surface area contributed by atoms with Crippen molar-refractivity contribution in [3.63, 3.8) is 0 Å². The van der Waals surface area contributed by atoms with E-state index in [-0.39, 0.29) is 12.4 Å². The zero-order valence-electron chi connectivity index (χ0n) is 12.4. The fraction of sp³-hybridized carbons (Fsp3) is 0.0556. The molecule has 0 aliphatic carbocycles. The smallest absolute Gasteiger partial charge is 0.279 e. The van der Waals surface area contributed by atoms with Crippen LogP contribution in [0.1, 0.15) is 10.6 Å².